The molecule has 0 fully saturated rings. The highest BCUT2D eigenvalue weighted by Gasteiger charge is 2.21. The molecule has 0 amide bonds. The van der Waals surface area contributed by atoms with Crippen LogP contribution in [-0.2, 0) is 4.74 Å². The van der Waals surface area contributed by atoms with E-state index in [9.17, 15) is 9.18 Å². The molecule has 0 heterocycles. The van der Waals surface area contributed by atoms with Crippen molar-refractivity contribution in [2.24, 2.45) is 0 Å². The van der Waals surface area contributed by atoms with Crippen LogP contribution in [0.5, 0.6) is 0 Å². The summed E-state index contributed by atoms with van der Waals surface area (Å²) in [5.74, 6) is -1.43. The van der Waals surface area contributed by atoms with Gasteiger partial charge in [-0.25, -0.2) is 9.18 Å². The molecule has 0 aliphatic rings. The van der Waals surface area contributed by atoms with E-state index in [1.54, 1.807) is 20.8 Å². The Kier molecular flexibility index (Phi) is 2.98. The summed E-state index contributed by atoms with van der Waals surface area (Å²) in [7, 11) is 0. The van der Waals surface area contributed by atoms with Crippen molar-refractivity contribution >= 4 is 11.7 Å². The first-order chi connectivity index (χ1) is 6.81. The van der Waals surface area contributed by atoms with Crippen LogP contribution in [0.25, 0.3) is 0 Å². The maximum absolute atomic E-state index is 13.4. The normalized spacial score (nSPS) is 11.2. The first kappa shape index (κ1) is 11.5. The van der Waals surface area contributed by atoms with Gasteiger partial charge in [0.2, 0.25) is 0 Å². The summed E-state index contributed by atoms with van der Waals surface area (Å²) in [5, 5.41) is 0. The summed E-state index contributed by atoms with van der Waals surface area (Å²) in [5.41, 5.74) is 4.50. The summed E-state index contributed by atoms with van der Waals surface area (Å²) in [6.45, 7) is 5.15. The maximum atomic E-state index is 13.4. The van der Waals surface area contributed by atoms with Crippen molar-refractivity contribution in [2.45, 2.75) is 26.4 Å². The van der Waals surface area contributed by atoms with Crippen LogP contribution in [0.4, 0.5) is 10.1 Å². The lowest BCUT2D eigenvalue weighted by Gasteiger charge is -2.19. The van der Waals surface area contributed by atoms with Crippen molar-refractivity contribution < 1.29 is 13.9 Å². The van der Waals surface area contributed by atoms with Crippen molar-refractivity contribution in [2.75, 3.05) is 5.73 Å². The summed E-state index contributed by atoms with van der Waals surface area (Å²) in [4.78, 5) is 11.5. The van der Waals surface area contributed by atoms with Crippen LogP contribution in [0.3, 0.4) is 0 Å². The van der Waals surface area contributed by atoms with Gasteiger partial charge in [0.1, 0.15) is 5.60 Å². The SMILES string of the molecule is CC(C)(C)OC(=O)c1cccc(N)c1F. The molecule has 0 aliphatic carbocycles. The van der Waals surface area contributed by atoms with Gasteiger partial charge in [0.25, 0.3) is 0 Å². The fourth-order valence-electron chi connectivity index (χ4n) is 1.04. The molecule has 0 aliphatic heterocycles. The average molecular weight is 211 g/mol. The number of rotatable bonds is 1. The molecule has 0 radical (unpaired) electrons. The van der Waals surface area contributed by atoms with E-state index in [2.05, 4.69) is 0 Å². The van der Waals surface area contributed by atoms with Crippen LogP contribution >= 0.6 is 0 Å². The first-order valence-electron chi connectivity index (χ1n) is 4.58. The number of hydrogen-bond donors (Lipinski definition) is 1. The van der Waals surface area contributed by atoms with Crippen molar-refractivity contribution in [3.8, 4) is 0 Å². The third-order valence-electron chi connectivity index (χ3n) is 1.65. The standard InChI is InChI=1S/C11H14FNO2/c1-11(2,3)15-10(14)7-5-4-6-8(13)9(7)12/h4-6H,13H2,1-3H3. The number of esters is 1. The Hall–Kier alpha value is -1.58. The van der Waals surface area contributed by atoms with E-state index in [0.29, 0.717) is 0 Å². The van der Waals surface area contributed by atoms with Gasteiger partial charge in [-0.3, -0.25) is 0 Å². The quantitative estimate of drug-likeness (QED) is 0.573. The van der Waals surface area contributed by atoms with Gasteiger partial charge in [-0.1, -0.05) is 6.07 Å². The lowest BCUT2D eigenvalue weighted by molar-refractivity contribution is 0.00649. The second-order valence-corrected chi connectivity index (χ2v) is 4.21. The number of carbonyl (C=O) groups excluding carboxylic acids is 1. The molecule has 0 saturated heterocycles. The molecule has 1 rings (SSSR count). The van der Waals surface area contributed by atoms with E-state index in [1.165, 1.54) is 18.2 Å². The van der Waals surface area contributed by atoms with Crippen LogP contribution in [0.15, 0.2) is 18.2 Å². The Morgan fingerprint density at radius 3 is 2.53 bits per heavy atom. The van der Waals surface area contributed by atoms with E-state index in [0.717, 1.165) is 0 Å². The van der Waals surface area contributed by atoms with Gasteiger partial charge < -0.3 is 10.5 Å². The fourth-order valence-corrected chi connectivity index (χ4v) is 1.04. The lowest BCUT2D eigenvalue weighted by atomic mass is 10.1. The fraction of sp³-hybridized carbons (Fsp3) is 0.364. The summed E-state index contributed by atoms with van der Waals surface area (Å²) in [6, 6.07) is 4.25. The zero-order valence-electron chi connectivity index (χ0n) is 9.00. The highest BCUT2D eigenvalue weighted by molar-refractivity contribution is 5.91. The molecular weight excluding hydrogens is 197 g/mol. The Balaban J connectivity index is 2.97. The molecule has 1 aromatic rings. The minimum atomic E-state index is -0.730. The summed E-state index contributed by atoms with van der Waals surface area (Å²) < 4.78 is 18.4. The third kappa shape index (κ3) is 2.94. The molecular formula is C11H14FNO2. The number of halogens is 1. The maximum Gasteiger partial charge on any atom is 0.341 e. The third-order valence-corrected chi connectivity index (χ3v) is 1.65. The van der Waals surface area contributed by atoms with Crippen molar-refractivity contribution in [1.82, 2.24) is 0 Å². The van der Waals surface area contributed by atoms with Crippen molar-refractivity contribution in [3.63, 3.8) is 0 Å². The lowest BCUT2D eigenvalue weighted by Crippen LogP contribution is -2.24. The minimum Gasteiger partial charge on any atom is -0.456 e. The van der Waals surface area contributed by atoms with E-state index in [1.807, 2.05) is 0 Å². The van der Waals surface area contributed by atoms with Gasteiger partial charge >= 0.3 is 5.97 Å². The van der Waals surface area contributed by atoms with Crippen LogP contribution in [0.1, 0.15) is 31.1 Å². The van der Waals surface area contributed by atoms with E-state index in [-0.39, 0.29) is 11.3 Å². The Bertz CT molecular complexity index is 383. The minimum absolute atomic E-state index is 0.0571. The van der Waals surface area contributed by atoms with Gasteiger partial charge in [0.15, 0.2) is 5.82 Å². The highest BCUT2D eigenvalue weighted by atomic mass is 19.1. The van der Waals surface area contributed by atoms with Crippen LogP contribution in [0, 0.1) is 5.82 Å². The molecule has 0 bridgehead atoms. The van der Waals surface area contributed by atoms with Gasteiger partial charge in [-0.15, -0.1) is 0 Å². The van der Waals surface area contributed by atoms with Crippen LogP contribution < -0.4 is 5.73 Å². The molecule has 0 unspecified atom stereocenters. The molecule has 15 heavy (non-hydrogen) atoms. The number of benzene rings is 1. The van der Waals surface area contributed by atoms with Crippen molar-refractivity contribution in [3.05, 3.63) is 29.6 Å². The number of nitrogen functional groups attached to an aromatic ring is 1. The molecule has 1 aromatic carbocycles. The number of nitrogens with two attached hydrogens (primary N) is 1. The first-order valence-corrected chi connectivity index (χ1v) is 4.58. The van der Waals surface area contributed by atoms with E-state index in [4.69, 9.17) is 10.5 Å². The molecule has 0 atom stereocenters. The highest BCUT2D eigenvalue weighted by Crippen LogP contribution is 2.18. The number of ether oxygens (including phenoxy) is 1. The summed E-state index contributed by atoms with van der Waals surface area (Å²) >= 11 is 0. The van der Waals surface area contributed by atoms with Gasteiger partial charge in [-0.05, 0) is 32.9 Å². The molecule has 0 spiro atoms. The molecule has 3 nitrogen and oxygen atoms in total. The van der Waals surface area contributed by atoms with E-state index >= 15 is 0 Å². The second kappa shape index (κ2) is 3.88. The Labute approximate surface area is 88.0 Å². The molecule has 0 aromatic heterocycles. The summed E-state index contributed by atoms with van der Waals surface area (Å²) in [6.07, 6.45) is 0. The zero-order valence-corrected chi connectivity index (χ0v) is 9.00. The number of hydrogen-bond acceptors (Lipinski definition) is 3. The molecule has 4 heteroatoms. The smallest absolute Gasteiger partial charge is 0.341 e. The van der Waals surface area contributed by atoms with Gasteiger partial charge in [0.05, 0.1) is 11.3 Å². The zero-order chi connectivity index (χ0) is 11.6. The predicted molar refractivity (Wildman–Crippen MR) is 56.0 cm³/mol. The number of carbonyl (C=O) groups is 1. The van der Waals surface area contributed by atoms with Gasteiger partial charge in [0, 0.05) is 0 Å². The molecule has 0 saturated carbocycles. The average Bonchev–Trinajstić information content (AvgIpc) is 2.06. The van der Waals surface area contributed by atoms with Gasteiger partial charge in [-0.2, -0.15) is 0 Å². The largest absolute Gasteiger partial charge is 0.456 e. The monoisotopic (exact) mass is 211 g/mol. The van der Waals surface area contributed by atoms with Crippen molar-refractivity contribution in [1.29, 1.82) is 0 Å². The number of anilines is 1. The molecule has 2 N–H and O–H groups in total. The Morgan fingerprint density at radius 1 is 1.40 bits per heavy atom. The predicted octanol–water partition coefficient (Wildman–Crippen LogP) is 2.36. The Morgan fingerprint density at radius 2 is 2.00 bits per heavy atom. The topological polar surface area (TPSA) is 52.3 Å². The van der Waals surface area contributed by atoms with Crippen LogP contribution in [0.2, 0.25) is 0 Å². The van der Waals surface area contributed by atoms with E-state index < -0.39 is 17.4 Å². The molecule has 82 valence electrons. The second-order valence-electron chi connectivity index (χ2n) is 4.21. The van der Waals surface area contributed by atoms with Crippen LogP contribution in [-0.4, -0.2) is 11.6 Å².